The molecule has 0 N–H and O–H groups in total. The van der Waals surface area contributed by atoms with E-state index in [9.17, 15) is 0 Å². The van der Waals surface area contributed by atoms with Crippen LogP contribution in [0.5, 0.6) is 0 Å². The van der Waals surface area contributed by atoms with Crippen molar-refractivity contribution in [1.82, 2.24) is 0 Å². The lowest BCUT2D eigenvalue weighted by Gasteiger charge is -2.30. The smallest absolute Gasteiger partial charge is 0.0754 e. The molecule has 1 aliphatic heterocycles. The molecule has 0 amide bonds. The van der Waals surface area contributed by atoms with E-state index in [2.05, 4.69) is 232 Å². The van der Waals surface area contributed by atoms with Crippen LogP contribution in [0.1, 0.15) is 22.6 Å². The topological polar surface area (TPSA) is 0 Å². The lowest BCUT2D eigenvalue weighted by atomic mass is 9.73. The van der Waals surface area contributed by atoms with E-state index in [0.29, 0.717) is 5.92 Å². The van der Waals surface area contributed by atoms with Crippen LogP contribution in [-0.2, 0) is 0 Å². The summed E-state index contributed by atoms with van der Waals surface area (Å²) in [6, 6.07) is 72.4. The van der Waals surface area contributed by atoms with E-state index in [1.54, 1.807) is 0 Å². The fourth-order valence-corrected chi connectivity index (χ4v) is 17.1. The van der Waals surface area contributed by atoms with Crippen molar-refractivity contribution in [3.63, 3.8) is 0 Å². The van der Waals surface area contributed by atoms with E-state index in [1.165, 1.54) is 153 Å². The van der Waals surface area contributed by atoms with Gasteiger partial charge in [0.25, 0.3) is 0 Å². The maximum Gasteiger partial charge on any atom is 0.113 e. The summed E-state index contributed by atoms with van der Waals surface area (Å²) < 4.78 is 0. The Bertz CT molecular complexity index is 4310. The van der Waals surface area contributed by atoms with Gasteiger partial charge in [-0.25, -0.2) is 0 Å². The van der Waals surface area contributed by atoms with Crippen LogP contribution in [0.2, 0.25) is 13.1 Å². The van der Waals surface area contributed by atoms with E-state index < -0.39 is 8.07 Å². The van der Waals surface area contributed by atoms with Crippen LogP contribution >= 0.6 is 0 Å². The van der Waals surface area contributed by atoms with E-state index >= 15 is 0 Å². The summed E-state index contributed by atoms with van der Waals surface area (Å²) in [4.78, 5) is 0. The SMILES string of the molecule is C[Si]1(C)c2ccccc2-c2cc3c(-c4ccc5c6c(cccc46)-c4ccccc4-5)c4ccc(-c5cc6ccccc6c6ccccc56)cc4c(C4=C5C=CC=C6c7ccccc7C(C=C4)C65)c3cc21. The molecular weight excluding hydrogens is 845 g/mol. The summed E-state index contributed by atoms with van der Waals surface area (Å²) in [5, 5.41) is 16.1. The molecule has 0 saturated heterocycles. The van der Waals surface area contributed by atoms with Crippen LogP contribution < -0.4 is 10.4 Å². The maximum atomic E-state index is 2.68. The molecule has 16 rings (SSSR count). The zero-order chi connectivity index (χ0) is 45.3. The van der Waals surface area contributed by atoms with Gasteiger partial charge in [-0.1, -0.05) is 213 Å². The summed E-state index contributed by atoms with van der Waals surface area (Å²) in [6.07, 6.45) is 12.2. The third-order valence-electron chi connectivity index (χ3n) is 17.0. The fraction of sp³-hybridized carbons (Fsp3) is 0.0588. The number of fused-ring (bicyclic) bond motifs is 14. The molecule has 0 spiro atoms. The largest absolute Gasteiger partial charge is 0.113 e. The van der Waals surface area contributed by atoms with Crippen LogP contribution in [0.15, 0.2) is 224 Å². The van der Waals surface area contributed by atoms with Gasteiger partial charge in [0, 0.05) is 11.8 Å². The zero-order valence-corrected chi connectivity index (χ0v) is 39.4. The van der Waals surface area contributed by atoms with Gasteiger partial charge in [0.2, 0.25) is 0 Å². The Morgan fingerprint density at radius 1 is 0.391 bits per heavy atom. The van der Waals surface area contributed by atoms with Gasteiger partial charge in [-0.15, -0.1) is 0 Å². The highest BCUT2D eigenvalue weighted by Crippen LogP contribution is 2.58. The Balaban J connectivity index is 1.08. The van der Waals surface area contributed by atoms with Crippen LogP contribution in [-0.4, -0.2) is 8.07 Å². The van der Waals surface area contributed by atoms with E-state index in [-0.39, 0.29) is 5.92 Å². The van der Waals surface area contributed by atoms with Gasteiger partial charge in [-0.2, -0.15) is 0 Å². The number of rotatable bonds is 3. The van der Waals surface area contributed by atoms with Crippen molar-refractivity contribution in [2.45, 2.75) is 19.0 Å². The number of hydrogen-bond acceptors (Lipinski definition) is 0. The average Bonchev–Trinajstić information content (AvgIpc) is 3.99. The Labute approximate surface area is 402 Å². The maximum absolute atomic E-state index is 2.68. The first kappa shape index (κ1) is 37.9. The van der Waals surface area contributed by atoms with Gasteiger partial charge in [0.1, 0.15) is 8.07 Å². The molecular formula is C68H44Si. The van der Waals surface area contributed by atoms with Crippen molar-refractivity contribution in [2.24, 2.45) is 5.92 Å². The van der Waals surface area contributed by atoms with E-state index in [0.717, 1.165) is 0 Å². The summed E-state index contributed by atoms with van der Waals surface area (Å²) in [6.45, 7) is 5.14. The highest BCUT2D eigenvalue weighted by Gasteiger charge is 2.42. The normalized spacial score (nSPS) is 17.4. The van der Waals surface area contributed by atoms with Gasteiger partial charge in [-0.05, 0) is 171 Å². The standard InChI is InChI=1S/C68H44Si/c1-69(2)63-28-12-11-23-48(63)59-37-61-62(38-64(59)69)68(56-34-32-54-46-21-9-7-19-44(46)50-25-14-27-52(56)66(50)54)60-36-40(58-35-39-15-3-4-16-41(39)42-17-5-10-22-47(42)58)29-30-57(60)67(61)55-33-31-53-45-20-8-6-18-43(45)49-24-13-26-51(55)65(49)53/h3-38,54,66H,1-2H3. The molecule has 5 aliphatic rings. The van der Waals surface area contributed by atoms with Gasteiger partial charge in [-0.3, -0.25) is 0 Å². The second kappa shape index (κ2) is 13.5. The van der Waals surface area contributed by atoms with E-state index in [1.807, 2.05) is 0 Å². The lowest BCUT2D eigenvalue weighted by molar-refractivity contribution is 0.725. The molecule has 0 fully saturated rings. The van der Waals surface area contributed by atoms with Gasteiger partial charge >= 0.3 is 0 Å². The molecule has 2 unspecified atom stereocenters. The summed E-state index contributed by atoms with van der Waals surface area (Å²) in [7, 11) is -2.09. The van der Waals surface area contributed by atoms with Gasteiger partial charge < -0.3 is 0 Å². The molecule has 0 nitrogen and oxygen atoms in total. The monoisotopic (exact) mass is 888 g/mol. The molecule has 4 aliphatic carbocycles. The van der Waals surface area contributed by atoms with Crippen molar-refractivity contribution >= 4 is 83.5 Å². The van der Waals surface area contributed by atoms with Crippen molar-refractivity contribution in [2.75, 3.05) is 0 Å². The van der Waals surface area contributed by atoms with Crippen molar-refractivity contribution in [3.05, 3.63) is 241 Å². The lowest BCUT2D eigenvalue weighted by Crippen LogP contribution is -2.49. The summed E-state index contributed by atoms with van der Waals surface area (Å²) in [5.41, 5.74) is 21.7. The molecule has 320 valence electrons. The van der Waals surface area contributed by atoms with Gasteiger partial charge in [0.05, 0.1) is 0 Å². The first-order chi connectivity index (χ1) is 34.0. The number of hydrogen-bond donors (Lipinski definition) is 0. The minimum Gasteiger partial charge on any atom is -0.0754 e. The highest BCUT2D eigenvalue weighted by molar-refractivity contribution is 7.04. The van der Waals surface area contributed by atoms with Crippen LogP contribution in [0.4, 0.5) is 0 Å². The summed E-state index contributed by atoms with van der Waals surface area (Å²) >= 11 is 0. The molecule has 1 heteroatoms. The molecule has 1 heterocycles. The van der Waals surface area contributed by atoms with Crippen molar-refractivity contribution in [1.29, 1.82) is 0 Å². The predicted molar refractivity (Wildman–Crippen MR) is 297 cm³/mol. The third-order valence-corrected chi connectivity index (χ3v) is 20.5. The van der Waals surface area contributed by atoms with Crippen LogP contribution in [0.25, 0.3) is 121 Å². The van der Waals surface area contributed by atoms with E-state index in [4.69, 9.17) is 0 Å². The van der Waals surface area contributed by atoms with Crippen LogP contribution in [0, 0.1) is 5.92 Å². The molecule has 0 saturated carbocycles. The second-order valence-corrected chi connectivity index (χ2v) is 24.9. The Morgan fingerprint density at radius 3 is 1.93 bits per heavy atom. The molecule has 11 aromatic rings. The van der Waals surface area contributed by atoms with Gasteiger partial charge in [0.15, 0.2) is 0 Å². The average molecular weight is 889 g/mol. The first-order valence-electron chi connectivity index (χ1n) is 24.7. The number of benzene rings is 11. The fourth-order valence-electron chi connectivity index (χ4n) is 14.0. The minimum absolute atomic E-state index is 0.271. The first-order valence-corrected chi connectivity index (χ1v) is 27.7. The van der Waals surface area contributed by atoms with Crippen LogP contribution in [0.3, 0.4) is 0 Å². The zero-order valence-electron chi connectivity index (χ0n) is 38.4. The molecule has 69 heavy (non-hydrogen) atoms. The minimum atomic E-state index is -2.09. The Hall–Kier alpha value is -8.10. The quantitative estimate of drug-likeness (QED) is 0.0942. The molecule has 0 bridgehead atoms. The molecule has 11 aromatic carbocycles. The Morgan fingerprint density at radius 2 is 1.06 bits per heavy atom. The molecule has 2 atom stereocenters. The number of allylic oxidation sites excluding steroid dienone is 8. The van der Waals surface area contributed by atoms with Crippen molar-refractivity contribution in [3.8, 4) is 55.6 Å². The highest BCUT2D eigenvalue weighted by atomic mass is 28.3. The Kier molecular flexibility index (Phi) is 7.44. The third kappa shape index (κ3) is 4.93. The summed E-state index contributed by atoms with van der Waals surface area (Å²) in [5.74, 6) is 0.586. The molecule has 0 aromatic heterocycles. The molecule has 0 radical (unpaired) electrons. The second-order valence-electron chi connectivity index (χ2n) is 20.5. The predicted octanol–water partition coefficient (Wildman–Crippen LogP) is 16.9. The van der Waals surface area contributed by atoms with Crippen molar-refractivity contribution < 1.29 is 0 Å².